The van der Waals surface area contributed by atoms with Crippen LogP contribution in [0.15, 0.2) is 6.07 Å². The molecule has 0 aliphatic heterocycles. The minimum Gasteiger partial charge on any atom is -0.368 e. The Hall–Kier alpha value is -1.41. The molecule has 0 aliphatic rings. The number of nitrogens with two attached hydrogens (primary N) is 1. The Morgan fingerprint density at radius 3 is 2.83 bits per heavy atom. The van der Waals surface area contributed by atoms with E-state index < -0.39 is 9.84 Å². The van der Waals surface area contributed by atoms with Crippen LogP contribution in [0.3, 0.4) is 0 Å². The van der Waals surface area contributed by atoms with Crippen LogP contribution in [0.1, 0.15) is 4.88 Å². The van der Waals surface area contributed by atoms with Gasteiger partial charge in [-0.25, -0.2) is 13.4 Å². The van der Waals surface area contributed by atoms with Crippen molar-refractivity contribution in [1.82, 2.24) is 9.97 Å². The van der Waals surface area contributed by atoms with Crippen molar-refractivity contribution in [3.8, 4) is 0 Å². The lowest BCUT2D eigenvalue weighted by Gasteiger charge is -2.06. The van der Waals surface area contributed by atoms with Crippen molar-refractivity contribution in [1.29, 1.82) is 0 Å². The minimum absolute atomic E-state index is 0.0571. The van der Waals surface area contributed by atoms with E-state index in [2.05, 4.69) is 15.3 Å². The van der Waals surface area contributed by atoms with Gasteiger partial charge in [-0.3, -0.25) is 0 Å². The average molecular weight is 286 g/mol. The van der Waals surface area contributed by atoms with Gasteiger partial charge in [0.05, 0.1) is 11.1 Å². The van der Waals surface area contributed by atoms with E-state index in [1.54, 1.807) is 0 Å². The van der Waals surface area contributed by atoms with Gasteiger partial charge < -0.3 is 11.1 Å². The van der Waals surface area contributed by atoms with E-state index >= 15 is 0 Å². The third kappa shape index (κ3) is 3.08. The predicted octanol–water partition coefficient (Wildman–Crippen LogP) is 1.04. The number of nitrogen functional groups attached to an aromatic ring is 1. The van der Waals surface area contributed by atoms with Gasteiger partial charge in [0.15, 0.2) is 0 Å². The first-order valence-corrected chi connectivity index (χ1v) is 8.18. The summed E-state index contributed by atoms with van der Waals surface area (Å²) in [5.41, 5.74) is 5.62. The van der Waals surface area contributed by atoms with Gasteiger partial charge in [-0.15, -0.1) is 11.3 Å². The van der Waals surface area contributed by atoms with Crippen LogP contribution in [0.25, 0.3) is 10.2 Å². The maximum Gasteiger partial charge on any atom is 0.223 e. The fourth-order valence-corrected chi connectivity index (χ4v) is 2.91. The van der Waals surface area contributed by atoms with Crippen LogP contribution in [0, 0.1) is 6.92 Å². The number of anilines is 2. The maximum absolute atomic E-state index is 11.1. The quantitative estimate of drug-likeness (QED) is 0.871. The number of rotatable bonds is 4. The van der Waals surface area contributed by atoms with Gasteiger partial charge in [0.2, 0.25) is 5.95 Å². The second-order valence-corrected chi connectivity index (χ2v) is 7.56. The van der Waals surface area contributed by atoms with Crippen LogP contribution in [-0.4, -0.2) is 36.9 Å². The monoisotopic (exact) mass is 286 g/mol. The smallest absolute Gasteiger partial charge is 0.223 e. The van der Waals surface area contributed by atoms with Crippen LogP contribution in [0.4, 0.5) is 11.8 Å². The summed E-state index contributed by atoms with van der Waals surface area (Å²) >= 11 is 1.53. The van der Waals surface area contributed by atoms with E-state index in [4.69, 9.17) is 5.73 Å². The molecule has 98 valence electrons. The molecular weight excluding hydrogens is 272 g/mol. The summed E-state index contributed by atoms with van der Waals surface area (Å²) in [4.78, 5) is 10.2. The molecule has 2 aromatic rings. The summed E-state index contributed by atoms with van der Waals surface area (Å²) in [5, 5.41) is 3.87. The van der Waals surface area contributed by atoms with Gasteiger partial charge in [-0.2, -0.15) is 4.98 Å². The fourth-order valence-electron chi connectivity index (χ4n) is 1.55. The Labute approximate surface area is 109 Å². The minimum atomic E-state index is -2.99. The van der Waals surface area contributed by atoms with Gasteiger partial charge in [0.1, 0.15) is 20.5 Å². The summed E-state index contributed by atoms with van der Waals surface area (Å²) < 4.78 is 22.1. The molecule has 0 bridgehead atoms. The van der Waals surface area contributed by atoms with Gasteiger partial charge in [0, 0.05) is 17.7 Å². The molecule has 0 saturated carbocycles. The molecule has 0 amide bonds. The van der Waals surface area contributed by atoms with Crippen molar-refractivity contribution >= 4 is 43.2 Å². The number of fused-ring (bicyclic) bond motifs is 1. The highest BCUT2D eigenvalue weighted by molar-refractivity contribution is 7.90. The van der Waals surface area contributed by atoms with Crippen molar-refractivity contribution < 1.29 is 8.42 Å². The first-order chi connectivity index (χ1) is 8.35. The van der Waals surface area contributed by atoms with E-state index in [-0.39, 0.29) is 11.7 Å². The average Bonchev–Trinajstić information content (AvgIpc) is 2.56. The van der Waals surface area contributed by atoms with Crippen LogP contribution < -0.4 is 11.1 Å². The zero-order chi connectivity index (χ0) is 13.3. The summed E-state index contributed by atoms with van der Waals surface area (Å²) in [5.74, 6) is 0.832. The Morgan fingerprint density at radius 1 is 1.44 bits per heavy atom. The molecule has 0 spiro atoms. The molecule has 6 nitrogen and oxygen atoms in total. The molecule has 2 rings (SSSR count). The van der Waals surface area contributed by atoms with Crippen molar-refractivity contribution in [3.63, 3.8) is 0 Å². The number of aryl methyl sites for hydroxylation is 1. The Kier molecular flexibility index (Phi) is 3.40. The third-order valence-corrected chi connectivity index (χ3v) is 4.19. The Balaban J connectivity index is 2.26. The molecular formula is C10H14N4O2S2. The standard InChI is InChI=1S/C10H14N4O2S2/c1-6-5-7-8(12-3-4-18(2,15)16)13-10(11)14-9(7)17-6/h5H,3-4H2,1-2H3,(H3,11,12,13,14). The summed E-state index contributed by atoms with van der Waals surface area (Å²) in [7, 11) is -2.99. The zero-order valence-electron chi connectivity index (χ0n) is 10.1. The number of nitrogens with zero attached hydrogens (tertiary/aromatic N) is 2. The van der Waals surface area contributed by atoms with E-state index in [9.17, 15) is 8.42 Å². The molecule has 0 radical (unpaired) electrons. The second-order valence-electron chi connectivity index (χ2n) is 4.06. The van der Waals surface area contributed by atoms with Crippen molar-refractivity contribution in [2.45, 2.75) is 6.92 Å². The fraction of sp³-hybridized carbons (Fsp3) is 0.400. The lowest BCUT2D eigenvalue weighted by atomic mass is 10.3. The first kappa shape index (κ1) is 13.0. The van der Waals surface area contributed by atoms with Crippen molar-refractivity contribution in [2.24, 2.45) is 0 Å². The van der Waals surface area contributed by atoms with E-state index in [0.717, 1.165) is 15.1 Å². The molecule has 0 atom stereocenters. The SMILES string of the molecule is Cc1cc2c(NCCS(C)(=O)=O)nc(N)nc2s1. The third-order valence-electron chi connectivity index (χ3n) is 2.30. The molecule has 0 aromatic carbocycles. The second kappa shape index (κ2) is 4.69. The summed E-state index contributed by atoms with van der Waals surface area (Å²) in [6, 6.07) is 1.96. The number of nitrogens with one attached hydrogen (secondary N) is 1. The Bertz CT molecular complexity index is 678. The van der Waals surface area contributed by atoms with Gasteiger partial charge in [0.25, 0.3) is 0 Å². The molecule has 2 aromatic heterocycles. The van der Waals surface area contributed by atoms with Crippen LogP contribution >= 0.6 is 11.3 Å². The first-order valence-electron chi connectivity index (χ1n) is 5.30. The maximum atomic E-state index is 11.1. The number of sulfone groups is 1. The van der Waals surface area contributed by atoms with E-state index in [1.807, 2.05) is 13.0 Å². The molecule has 0 fully saturated rings. The van der Waals surface area contributed by atoms with Gasteiger partial charge >= 0.3 is 0 Å². The highest BCUT2D eigenvalue weighted by atomic mass is 32.2. The normalized spacial score (nSPS) is 11.9. The lowest BCUT2D eigenvalue weighted by Crippen LogP contribution is -2.15. The summed E-state index contributed by atoms with van der Waals surface area (Å²) in [6.45, 7) is 2.28. The molecule has 8 heteroatoms. The van der Waals surface area contributed by atoms with Crippen LogP contribution in [0.2, 0.25) is 0 Å². The number of aromatic nitrogens is 2. The largest absolute Gasteiger partial charge is 0.368 e. The highest BCUT2D eigenvalue weighted by Crippen LogP contribution is 2.28. The van der Waals surface area contributed by atoms with Gasteiger partial charge in [-0.1, -0.05) is 0 Å². The van der Waals surface area contributed by atoms with Crippen LogP contribution in [-0.2, 0) is 9.84 Å². The topological polar surface area (TPSA) is 98.0 Å². The summed E-state index contributed by atoms with van der Waals surface area (Å²) in [6.07, 6.45) is 1.20. The lowest BCUT2D eigenvalue weighted by molar-refractivity contribution is 0.602. The molecule has 2 heterocycles. The van der Waals surface area contributed by atoms with E-state index in [0.29, 0.717) is 12.4 Å². The molecule has 3 N–H and O–H groups in total. The Morgan fingerprint density at radius 2 is 2.17 bits per heavy atom. The van der Waals surface area contributed by atoms with E-state index in [1.165, 1.54) is 17.6 Å². The van der Waals surface area contributed by atoms with Crippen molar-refractivity contribution in [3.05, 3.63) is 10.9 Å². The van der Waals surface area contributed by atoms with Gasteiger partial charge in [-0.05, 0) is 13.0 Å². The number of hydrogen-bond donors (Lipinski definition) is 2. The number of thiophene rings is 1. The van der Waals surface area contributed by atoms with Crippen molar-refractivity contribution in [2.75, 3.05) is 29.6 Å². The molecule has 0 unspecified atom stereocenters. The molecule has 0 saturated heterocycles. The highest BCUT2D eigenvalue weighted by Gasteiger charge is 2.09. The molecule has 0 aliphatic carbocycles. The zero-order valence-corrected chi connectivity index (χ0v) is 11.7. The number of hydrogen-bond acceptors (Lipinski definition) is 7. The predicted molar refractivity (Wildman–Crippen MR) is 74.8 cm³/mol. The van der Waals surface area contributed by atoms with Crippen LogP contribution in [0.5, 0.6) is 0 Å². The molecule has 18 heavy (non-hydrogen) atoms.